The summed E-state index contributed by atoms with van der Waals surface area (Å²) in [5.74, 6) is -0.464. The molecule has 4 rings (SSSR count). The molecule has 2 unspecified atom stereocenters. The minimum absolute atomic E-state index is 0.130. The van der Waals surface area contributed by atoms with E-state index in [1.807, 2.05) is 0 Å². The van der Waals surface area contributed by atoms with E-state index in [9.17, 15) is 14.0 Å². The molecule has 8 heteroatoms. The van der Waals surface area contributed by atoms with Crippen LogP contribution in [0.3, 0.4) is 0 Å². The summed E-state index contributed by atoms with van der Waals surface area (Å²) in [5.41, 5.74) is 6.28. The quantitative estimate of drug-likeness (QED) is 0.519. The SMILES string of the molecule is CC1CCc2c(sc3nc(SC(C)C(N)=O)n(-c4ccccc4F)c(=O)c23)C1. The van der Waals surface area contributed by atoms with Crippen molar-refractivity contribution in [2.24, 2.45) is 11.7 Å². The van der Waals surface area contributed by atoms with E-state index in [1.54, 1.807) is 25.1 Å². The topological polar surface area (TPSA) is 78.0 Å². The summed E-state index contributed by atoms with van der Waals surface area (Å²) >= 11 is 2.60. The molecule has 0 radical (unpaired) electrons. The second-order valence-corrected chi connectivity index (χ2v) is 9.57. The molecule has 2 atom stereocenters. The third-order valence-electron chi connectivity index (χ3n) is 5.07. The van der Waals surface area contributed by atoms with Crippen LogP contribution in [-0.4, -0.2) is 20.7 Å². The van der Waals surface area contributed by atoms with Crippen LogP contribution in [0.1, 0.15) is 30.7 Å². The first-order chi connectivity index (χ1) is 13.4. The highest BCUT2D eigenvalue weighted by molar-refractivity contribution is 8.00. The second kappa shape index (κ2) is 7.33. The Morgan fingerprint density at radius 1 is 1.43 bits per heavy atom. The number of hydrogen-bond acceptors (Lipinski definition) is 5. The highest BCUT2D eigenvalue weighted by atomic mass is 32.2. The van der Waals surface area contributed by atoms with Crippen molar-refractivity contribution in [1.29, 1.82) is 0 Å². The van der Waals surface area contributed by atoms with Crippen molar-refractivity contribution >= 4 is 39.2 Å². The van der Waals surface area contributed by atoms with Gasteiger partial charge in [-0.3, -0.25) is 14.2 Å². The van der Waals surface area contributed by atoms with Crippen LogP contribution in [-0.2, 0) is 17.6 Å². The average Bonchev–Trinajstić information content (AvgIpc) is 3.00. The molecule has 1 aromatic carbocycles. The van der Waals surface area contributed by atoms with Crippen molar-refractivity contribution < 1.29 is 9.18 Å². The summed E-state index contributed by atoms with van der Waals surface area (Å²) < 4.78 is 15.8. The van der Waals surface area contributed by atoms with Crippen LogP contribution in [0.4, 0.5) is 4.39 Å². The van der Waals surface area contributed by atoms with Crippen LogP contribution in [0.2, 0.25) is 0 Å². The predicted octanol–water partition coefficient (Wildman–Crippen LogP) is 3.68. The normalized spacial score (nSPS) is 17.5. The number of para-hydroxylation sites is 1. The third kappa shape index (κ3) is 3.24. The minimum atomic E-state index is -0.600. The molecule has 5 nitrogen and oxygen atoms in total. The number of benzene rings is 1. The standard InChI is InChI=1S/C20H20FN3O2S2/c1-10-7-8-12-15(9-10)28-18-16(12)19(26)24(14-6-4-3-5-13(14)21)20(23-18)27-11(2)17(22)25/h3-6,10-11H,7-9H2,1-2H3,(H2,22,25). The predicted molar refractivity (Wildman–Crippen MR) is 111 cm³/mol. The smallest absolute Gasteiger partial charge is 0.267 e. The molecule has 1 aliphatic carbocycles. The second-order valence-electron chi connectivity index (χ2n) is 7.18. The molecule has 1 aliphatic rings. The van der Waals surface area contributed by atoms with Gasteiger partial charge in [0, 0.05) is 4.88 Å². The molecule has 1 amide bonds. The zero-order valence-electron chi connectivity index (χ0n) is 15.6. The first-order valence-electron chi connectivity index (χ1n) is 9.15. The Morgan fingerprint density at radius 3 is 2.89 bits per heavy atom. The molecule has 0 saturated carbocycles. The number of aromatic nitrogens is 2. The Hall–Kier alpha value is -2.19. The van der Waals surface area contributed by atoms with Gasteiger partial charge in [0.15, 0.2) is 5.16 Å². The molecule has 0 fully saturated rings. The average molecular weight is 418 g/mol. The maximum Gasteiger partial charge on any atom is 0.267 e. The van der Waals surface area contributed by atoms with Crippen molar-refractivity contribution in [3.8, 4) is 5.69 Å². The number of nitrogens with zero attached hydrogens (tertiary/aromatic N) is 2. The van der Waals surface area contributed by atoms with Gasteiger partial charge in [-0.25, -0.2) is 9.37 Å². The number of hydrogen-bond donors (Lipinski definition) is 1. The Labute approximate surface area is 169 Å². The summed E-state index contributed by atoms with van der Waals surface area (Å²) in [6, 6.07) is 6.10. The van der Waals surface area contributed by atoms with Crippen LogP contribution < -0.4 is 11.3 Å². The molecule has 146 valence electrons. The Balaban J connectivity index is 2.01. The molecular formula is C20H20FN3O2S2. The van der Waals surface area contributed by atoms with Gasteiger partial charge in [0.2, 0.25) is 5.91 Å². The van der Waals surface area contributed by atoms with E-state index in [-0.39, 0.29) is 16.4 Å². The zero-order valence-corrected chi connectivity index (χ0v) is 17.2. The fraction of sp³-hybridized carbons (Fsp3) is 0.350. The van der Waals surface area contributed by atoms with E-state index in [2.05, 4.69) is 11.9 Å². The maximum absolute atomic E-state index is 14.6. The van der Waals surface area contributed by atoms with Crippen LogP contribution in [0.25, 0.3) is 15.9 Å². The Bertz CT molecular complexity index is 1140. The highest BCUT2D eigenvalue weighted by Crippen LogP contribution is 2.37. The van der Waals surface area contributed by atoms with Crippen molar-refractivity contribution in [3.63, 3.8) is 0 Å². The van der Waals surface area contributed by atoms with E-state index >= 15 is 0 Å². The third-order valence-corrected chi connectivity index (χ3v) is 7.29. The fourth-order valence-electron chi connectivity index (χ4n) is 3.51. The van der Waals surface area contributed by atoms with Crippen molar-refractivity contribution in [2.45, 2.75) is 43.5 Å². The van der Waals surface area contributed by atoms with Crippen molar-refractivity contribution in [2.75, 3.05) is 0 Å². The number of carbonyl (C=O) groups excluding carboxylic acids is 1. The number of aryl methyl sites for hydroxylation is 1. The monoisotopic (exact) mass is 417 g/mol. The number of rotatable bonds is 4. The minimum Gasteiger partial charge on any atom is -0.369 e. The van der Waals surface area contributed by atoms with Gasteiger partial charge in [-0.05, 0) is 49.8 Å². The fourth-order valence-corrected chi connectivity index (χ4v) is 5.81. The summed E-state index contributed by atoms with van der Waals surface area (Å²) in [6.07, 6.45) is 2.78. The summed E-state index contributed by atoms with van der Waals surface area (Å²) in [7, 11) is 0. The van der Waals surface area contributed by atoms with Gasteiger partial charge in [0.1, 0.15) is 10.6 Å². The summed E-state index contributed by atoms with van der Waals surface area (Å²) in [4.78, 5) is 31.6. The van der Waals surface area contributed by atoms with Gasteiger partial charge in [-0.2, -0.15) is 0 Å². The highest BCUT2D eigenvalue weighted by Gasteiger charge is 2.26. The number of carbonyl (C=O) groups is 1. The largest absolute Gasteiger partial charge is 0.369 e. The first kappa shape index (κ1) is 19.1. The molecule has 0 saturated heterocycles. The van der Waals surface area contributed by atoms with Crippen molar-refractivity contribution in [3.05, 3.63) is 50.9 Å². The molecule has 0 bridgehead atoms. The molecule has 2 aromatic heterocycles. The van der Waals surface area contributed by atoms with E-state index in [4.69, 9.17) is 5.73 Å². The Kier molecular flexibility index (Phi) is 5.01. The molecule has 3 aromatic rings. The van der Waals surface area contributed by atoms with E-state index in [0.29, 0.717) is 16.1 Å². The van der Waals surface area contributed by atoms with Gasteiger partial charge in [0.25, 0.3) is 5.56 Å². The van der Waals surface area contributed by atoms with E-state index < -0.39 is 17.0 Å². The molecule has 28 heavy (non-hydrogen) atoms. The van der Waals surface area contributed by atoms with Crippen LogP contribution in [0.15, 0.2) is 34.2 Å². The number of nitrogens with two attached hydrogens (primary N) is 1. The lowest BCUT2D eigenvalue weighted by Crippen LogP contribution is -2.27. The summed E-state index contributed by atoms with van der Waals surface area (Å²) in [6.45, 7) is 3.85. The molecular weight excluding hydrogens is 397 g/mol. The van der Waals surface area contributed by atoms with Crippen molar-refractivity contribution in [1.82, 2.24) is 9.55 Å². The van der Waals surface area contributed by atoms with E-state index in [0.717, 1.165) is 36.6 Å². The lowest BCUT2D eigenvalue weighted by Gasteiger charge is -2.18. The van der Waals surface area contributed by atoms with Gasteiger partial charge in [-0.15, -0.1) is 11.3 Å². The number of amides is 1. The molecule has 0 aliphatic heterocycles. The van der Waals surface area contributed by atoms with Gasteiger partial charge in [-0.1, -0.05) is 30.8 Å². The molecule has 2 N–H and O–H groups in total. The number of thioether (sulfide) groups is 1. The summed E-state index contributed by atoms with van der Waals surface area (Å²) in [5, 5.41) is 0.253. The van der Waals surface area contributed by atoms with Gasteiger partial charge in [0.05, 0.1) is 16.3 Å². The van der Waals surface area contributed by atoms with E-state index in [1.165, 1.54) is 26.8 Å². The first-order valence-corrected chi connectivity index (χ1v) is 10.8. The maximum atomic E-state index is 14.6. The zero-order chi connectivity index (χ0) is 20.0. The van der Waals surface area contributed by atoms with Crippen LogP contribution in [0, 0.1) is 11.7 Å². The lowest BCUT2D eigenvalue weighted by atomic mass is 9.89. The van der Waals surface area contributed by atoms with Gasteiger partial charge >= 0.3 is 0 Å². The number of primary amides is 1. The molecule has 0 spiro atoms. The Morgan fingerprint density at radius 2 is 2.18 bits per heavy atom. The van der Waals surface area contributed by atoms with Crippen LogP contribution >= 0.6 is 23.1 Å². The van der Waals surface area contributed by atoms with Crippen LogP contribution in [0.5, 0.6) is 0 Å². The number of fused-ring (bicyclic) bond motifs is 3. The lowest BCUT2D eigenvalue weighted by molar-refractivity contribution is -0.117. The number of thiophene rings is 1. The number of halogens is 1. The van der Waals surface area contributed by atoms with Gasteiger partial charge < -0.3 is 5.73 Å². The molecule has 2 heterocycles.